The van der Waals surface area contributed by atoms with Crippen molar-refractivity contribution in [1.82, 2.24) is 0 Å². The van der Waals surface area contributed by atoms with Gasteiger partial charge in [-0.2, -0.15) is 0 Å². The molecule has 2 aliphatic heterocycles. The van der Waals surface area contributed by atoms with E-state index in [0.717, 1.165) is 0 Å². The number of fused-ring (bicyclic) bond motifs is 2. The van der Waals surface area contributed by atoms with Crippen molar-refractivity contribution in [3.63, 3.8) is 0 Å². The number of aliphatic hydroxyl groups excluding tert-OH is 3. The van der Waals surface area contributed by atoms with E-state index in [-0.39, 0.29) is 0 Å². The lowest BCUT2D eigenvalue weighted by molar-refractivity contribution is -0.225. The molecule has 8 heteroatoms. The van der Waals surface area contributed by atoms with Gasteiger partial charge in [-0.15, -0.1) is 0 Å². The molecule has 2 saturated heterocycles. The first-order chi connectivity index (χ1) is 14.5. The summed E-state index contributed by atoms with van der Waals surface area (Å²) in [5.74, 6) is 0.858. The Bertz CT molecular complexity index is 945. The third kappa shape index (κ3) is 4.14. The van der Waals surface area contributed by atoms with Gasteiger partial charge in [0.15, 0.2) is 0 Å². The molecule has 1 aromatic rings. The van der Waals surface area contributed by atoms with Crippen molar-refractivity contribution >= 4 is 6.08 Å². The van der Waals surface area contributed by atoms with Gasteiger partial charge in [-0.25, -0.2) is 4.79 Å². The van der Waals surface area contributed by atoms with Gasteiger partial charge in [-0.3, -0.25) is 0 Å². The maximum atomic E-state index is 11.6. The SMILES string of the molecule is COc1cc(=O)oc(/C=C/C=C/C=C/C2OC3(C)C([C@H](C)O)OC(C)(C2O)C3O)c1C. The first-order valence-corrected chi connectivity index (χ1v) is 10.1. The first-order valence-electron chi connectivity index (χ1n) is 10.1. The molecule has 170 valence electrons. The fourth-order valence-corrected chi connectivity index (χ4v) is 4.32. The van der Waals surface area contributed by atoms with Crippen LogP contribution < -0.4 is 10.4 Å². The molecule has 31 heavy (non-hydrogen) atoms. The third-order valence-corrected chi connectivity index (χ3v) is 6.06. The predicted molar refractivity (Wildman–Crippen MR) is 114 cm³/mol. The van der Waals surface area contributed by atoms with Gasteiger partial charge in [0.1, 0.15) is 47.1 Å². The van der Waals surface area contributed by atoms with Crippen LogP contribution in [-0.4, -0.2) is 64.2 Å². The van der Waals surface area contributed by atoms with Gasteiger partial charge >= 0.3 is 5.63 Å². The smallest absolute Gasteiger partial charge is 0.339 e. The lowest BCUT2D eigenvalue weighted by Crippen LogP contribution is -2.65. The highest BCUT2D eigenvalue weighted by Gasteiger charge is 2.69. The van der Waals surface area contributed by atoms with Crippen LogP contribution in [0.2, 0.25) is 0 Å². The minimum Gasteiger partial charge on any atom is -0.496 e. The van der Waals surface area contributed by atoms with Gasteiger partial charge in [0.05, 0.1) is 19.3 Å². The van der Waals surface area contributed by atoms with Crippen LogP contribution in [0, 0.1) is 6.92 Å². The van der Waals surface area contributed by atoms with Gasteiger partial charge in [-0.1, -0.05) is 30.4 Å². The standard InChI is InChI=1S/C23H30O8/c1-13-15(29-18(25)12-17(13)28-5)10-8-6-7-9-11-16-19(26)22(3)21(27)23(4,30-16)20(31-22)14(2)24/h6-12,14,16,19-21,24,26-27H,1-5H3/b7-6+,10-8+,11-9+/t14-,16?,19?,20?,21?,22?,23?/m0/s1. The molecule has 0 saturated carbocycles. The molecule has 0 aliphatic carbocycles. The fourth-order valence-electron chi connectivity index (χ4n) is 4.32. The van der Waals surface area contributed by atoms with E-state index in [2.05, 4.69) is 0 Å². The molecule has 3 rings (SSSR count). The number of allylic oxidation sites excluding steroid dienone is 4. The number of ether oxygens (including phenoxy) is 3. The molecular formula is C23H30O8. The summed E-state index contributed by atoms with van der Waals surface area (Å²) in [4.78, 5) is 11.6. The number of methoxy groups -OCH3 is 1. The van der Waals surface area contributed by atoms with Gasteiger partial charge in [0.2, 0.25) is 0 Å². The van der Waals surface area contributed by atoms with Crippen molar-refractivity contribution in [1.29, 1.82) is 0 Å². The summed E-state index contributed by atoms with van der Waals surface area (Å²) in [7, 11) is 1.49. The Morgan fingerprint density at radius 1 is 1.13 bits per heavy atom. The van der Waals surface area contributed by atoms with Crippen LogP contribution in [0.15, 0.2) is 45.7 Å². The van der Waals surface area contributed by atoms with E-state index >= 15 is 0 Å². The Hall–Kier alpha value is -2.23. The minimum absolute atomic E-state index is 0.400. The number of hydrogen-bond donors (Lipinski definition) is 3. The van der Waals surface area contributed by atoms with Crippen molar-refractivity contribution < 1.29 is 33.9 Å². The molecule has 2 bridgehead atoms. The molecular weight excluding hydrogens is 404 g/mol. The molecule has 0 spiro atoms. The Labute approximate surface area is 181 Å². The summed E-state index contributed by atoms with van der Waals surface area (Å²) in [6.45, 7) is 6.65. The maximum Gasteiger partial charge on any atom is 0.339 e. The van der Waals surface area contributed by atoms with E-state index in [1.807, 2.05) is 0 Å². The van der Waals surface area contributed by atoms with Crippen LogP contribution in [0.1, 0.15) is 32.1 Å². The summed E-state index contributed by atoms with van der Waals surface area (Å²) in [5.41, 5.74) is -2.19. The summed E-state index contributed by atoms with van der Waals surface area (Å²) in [6, 6.07) is 1.29. The highest BCUT2D eigenvalue weighted by atomic mass is 16.6. The highest BCUT2D eigenvalue weighted by Crippen LogP contribution is 2.49. The summed E-state index contributed by atoms with van der Waals surface area (Å²) in [5, 5.41) is 31.4. The first kappa shape index (κ1) is 23.4. The second-order valence-corrected chi connectivity index (χ2v) is 8.33. The molecule has 2 fully saturated rings. The maximum absolute atomic E-state index is 11.6. The van der Waals surface area contributed by atoms with Crippen LogP contribution in [0.4, 0.5) is 0 Å². The molecule has 0 aromatic carbocycles. The van der Waals surface area contributed by atoms with Crippen molar-refractivity contribution in [2.75, 3.05) is 7.11 Å². The normalized spacial score (nSPS) is 36.6. The van der Waals surface area contributed by atoms with Crippen molar-refractivity contribution in [2.24, 2.45) is 0 Å². The summed E-state index contributed by atoms with van der Waals surface area (Å²) >= 11 is 0. The van der Waals surface area contributed by atoms with E-state index < -0.39 is 47.3 Å². The van der Waals surface area contributed by atoms with Crippen LogP contribution in [0.3, 0.4) is 0 Å². The fraction of sp³-hybridized carbons (Fsp3) is 0.522. The number of hydrogen-bond acceptors (Lipinski definition) is 8. The number of rotatable bonds is 6. The van der Waals surface area contributed by atoms with Gasteiger partial charge in [-0.05, 0) is 33.8 Å². The second kappa shape index (κ2) is 8.72. The summed E-state index contributed by atoms with van der Waals surface area (Å²) < 4.78 is 22.1. The minimum atomic E-state index is -1.26. The van der Waals surface area contributed by atoms with Gasteiger partial charge < -0.3 is 33.9 Å². The third-order valence-electron chi connectivity index (χ3n) is 6.06. The van der Waals surface area contributed by atoms with Crippen LogP contribution in [-0.2, 0) is 9.47 Å². The second-order valence-electron chi connectivity index (χ2n) is 8.33. The lowest BCUT2D eigenvalue weighted by atomic mass is 9.77. The zero-order chi connectivity index (χ0) is 23.0. The average Bonchev–Trinajstić information content (AvgIpc) is 2.87. The van der Waals surface area contributed by atoms with Crippen LogP contribution in [0.25, 0.3) is 6.08 Å². The average molecular weight is 434 g/mol. The molecule has 1 aromatic heterocycles. The Balaban J connectivity index is 1.71. The molecule has 6 unspecified atom stereocenters. The van der Waals surface area contributed by atoms with Crippen molar-refractivity contribution in [3.8, 4) is 5.75 Å². The van der Waals surface area contributed by atoms with E-state index in [0.29, 0.717) is 17.1 Å². The molecule has 0 amide bonds. The molecule has 0 radical (unpaired) electrons. The van der Waals surface area contributed by atoms with Crippen LogP contribution in [0.5, 0.6) is 5.75 Å². The van der Waals surface area contributed by atoms with Gasteiger partial charge in [0.25, 0.3) is 0 Å². The lowest BCUT2D eigenvalue weighted by Gasteiger charge is -2.45. The molecule has 7 atom stereocenters. The zero-order valence-electron chi connectivity index (χ0n) is 18.3. The monoisotopic (exact) mass is 434 g/mol. The van der Waals surface area contributed by atoms with E-state index in [4.69, 9.17) is 18.6 Å². The Morgan fingerprint density at radius 2 is 1.81 bits per heavy atom. The topological polar surface area (TPSA) is 119 Å². The largest absolute Gasteiger partial charge is 0.496 e. The molecule has 2 aliphatic rings. The number of aliphatic hydroxyl groups is 3. The van der Waals surface area contributed by atoms with Crippen molar-refractivity contribution in [3.05, 3.63) is 58.2 Å². The Morgan fingerprint density at radius 3 is 2.45 bits per heavy atom. The quantitative estimate of drug-likeness (QED) is 0.577. The molecule has 3 heterocycles. The van der Waals surface area contributed by atoms with Crippen molar-refractivity contribution in [2.45, 2.75) is 69.4 Å². The Kier molecular flexibility index (Phi) is 6.59. The predicted octanol–water partition coefficient (Wildman–Crippen LogP) is 1.50. The molecule has 3 N–H and O–H groups in total. The van der Waals surface area contributed by atoms with Crippen LogP contribution >= 0.6 is 0 Å². The van der Waals surface area contributed by atoms with Gasteiger partial charge in [0, 0.05) is 5.56 Å². The van der Waals surface area contributed by atoms with E-state index in [1.165, 1.54) is 13.2 Å². The highest BCUT2D eigenvalue weighted by molar-refractivity contribution is 5.52. The molecule has 8 nitrogen and oxygen atoms in total. The van der Waals surface area contributed by atoms with E-state index in [9.17, 15) is 20.1 Å². The zero-order valence-corrected chi connectivity index (χ0v) is 18.3. The summed E-state index contributed by atoms with van der Waals surface area (Å²) in [6.07, 6.45) is 5.61. The van der Waals surface area contributed by atoms with E-state index in [1.54, 1.807) is 64.2 Å².